The lowest BCUT2D eigenvalue weighted by Gasteiger charge is -2.33. The molecule has 4 heteroatoms. The lowest BCUT2D eigenvalue weighted by Crippen LogP contribution is -2.26. The van der Waals surface area contributed by atoms with Gasteiger partial charge in [0.05, 0.1) is 22.2 Å². The van der Waals surface area contributed by atoms with Crippen LogP contribution in [0.25, 0.3) is 66.1 Å². The summed E-state index contributed by atoms with van der Waals surface area (Å²) in [4.78, 5) is 4.84. The van der Waals surface area contributed by atoms with Crippen LogP contribution in [0, 0.1) is 27.7 Å². The fraction of sp³-hybridized carbons (Fsp3) is 0.0769. The van der Waals surface area contributed by atoms with Gasteiger partial charge in [0.2, 0.25) is 0 Å². The molecule has 14 rings (SSSR count). The monoisotopic (exact) mass is 886 g/mol. The molecule has 0 amide bonds. The predicted molar refractivity (Wildman–Crippen MR) is 286 cm³/mol. The van der Waals surface area contributed by atoms with Crippen molar-refractivity contribution < 1.29 is 8.83 Å². The second-order valence-corrected chi connectivity index (χ2v) is 19.1. The number of benzene rings is 10. The Kier molecular flexibility index (Phi) is 8.43. The molecule has 0 fully saturated rings. The molecule has 0 radical (unpaired) electrons. The highest BCUT2D eigenvalue weighted by Gasteiger charge is 2.54. The summed E-state index contributed by atoms with van der Waals surface area (Å²) >= 11 is 0. The third-order valence-corrected chi connectivity index (χ3v) is 14.9. The Balaban J connectivity index is 1.21. The standard InChI is InChI=1S/C65H46N2O2/c1-39-21-29-43(30-22-39)66(44-31-23-40(2)24-32-44)55-37-54-62(64-59(55)49-15-7-11-19-57(49)69-64)61-53(65(54)51-17-9-5-13-47(51)48-14-6-10-18-52(48)65)38-56(63-60(61)50-16-8-12-20-58(50)68-63)67(45-33-25-41(3)26-34-45)46-35-27-42(4)28-36-46/h5-38H,1-4H3. The maximum atomic E-state index is 7.44. The van der Waals surface area contributed by atoms with E-state index in [1.807, 2.05) is 0 Å². The zero-order valence-electron chi connectivity index (χ0n) is 38.8. The minimum Gasteiger partial charge on any atom is -0.455 e. The van der Waals surface area contributed by atoms with Crippen molar-refractivity contribution in [2.45, 2.75) is 33.1 Å². The van der Waals surface area contributed by atoms with Crippen molar-refractivity contribution in [3.8, 4) is 22.3 Å². The van der Waals surface area contributed by atoms with Crippen molar-refractivity contribution in [1.29, 1.82) is 0 Å². The third kappa shape index (κ3) is 5.57. The van der Waals surface area contributed by atoms with E-state index in [1.54, 1.807) is 0 Å². The van der Waals surface area contributed by atoms with Gasteiger partial charge < -0.3 is 18.6 Å². The molecule has 0 unspecified atom stereocenters. The maximum Gasteiger partial charge on any atom is 0.160 e. The van der Waals surface area contributed by atoms with Crippen LogP contribution in [0.4, 0.5) is 34.1 Å². The van der Waals surface area contributed by atoms with Gasteiger partial charge in [-0.1, -0.05) is 156 Å². The summed E-state index contributed by atoms with van der Waals surface area (Å²) < 4.78 is 14.7. The molecule has 0 bridgehead atoms. The highest BCUT2D eigenvalue weighted by atomic mass is 16.3. The Morgan fingerprint density at radius 2 is 0.710 bits per heavy atom. The Morgan fingerprint density at radius 1 is 0.333 bits per heavy atom. The highest BCUT2D eigenvalue weighted by Crippen LogP contribution is 2.68. The van der Waals surface area contributed by atoms with E-state index in [0.29, 0.717) is 0 Å². The Bertz CT molecular complexity index is 3910. The molecule has 0 aliphatic heterocycles. The molecule has 0 N–H and O–H groups in total. The van der Waals surface area contributed by atoms with E-state index >= 15 is 0 Å². The number of nitrogens with zero attached hydrogens (tertiary/aromatic N) is 2. The van der Waals surface area contributed by atoms with Crippen LogP contribution in [0.1, 0.15) is 44.5 Å². The zero-order chi connectivity index (χ0) is 46.1. The number of furan rings is 2. The molecule has 2 heterocycles. The molecule has 0 atom stereocenters. The average molecular weight is 887 g/mol. The third-order valence-electron chi connectivity index (χ3n) is 14.9. The van der Waals surface area contributed by atoms with Crippen LogP contribution in [0.2, 0.25) is 0 Å². The molecule has 12 aromatic rings. The fourth-order valence-electron chi connectivity index (χ4n) is 11.8. The van der Waals surface area contributed by atoms with E-state index in [-0.39, 0.29) is 0 Å². The molecule has 69 heavy (non-hydrogen) atoms. The van der Waals surface area contributed by atoms with Crippen molar-refractivity contribution in [2.24, 2.45) is 0 Å². The summed E-state index contributed by atoms with van der Waals surface area (Å²) in [6, 6.07) is 75.8. The number of rotatable bonds is 6. The maximum absolute atomic E-state index is 7.44. The smallest absolute Gasteiger partial charge is 0.160 e. The summed E-state index contributed by atoms with van der Waals surface area (Å²) in [7, 11) is 0. The summed E-state index contributed by atoms with van der Waals surface area (Å²) in [5.41, 5.74) is 23.3. The Hall–Kier alpha value is -8.60. The van der Waals surface area contributed by atoms with E-state index in [1.165, 1.54) is 55.6 Å². The number of aryl methyl sites for hydroxylation is 4. The molecule has 2 aliphatic rings. The molecule has 1 spiro atoms. The number of para-hydroxylation sites is 2. The number of hydrogen-bond acceptors (Lipinski definition) is 4. The highest BCUT2D eigenvalue weighted by molar-refractivity contribution is 6.26. The molecular weight excluding hydrogens is 841 g/mol. The molecule has 328 valence electrons. The average Bonchev–Trinajstić information content (AvgIpc) is 4.12. The molecule has 4 nitrogen and oxygen atoms in total. The zero-order valence-corrected chi connectivity index (χ0v) is 38.8. The lowest BCUT2D eigenvalue weighted by atomic mass is 9.70. The first-order chi connectivity index (χ1) is 33.9. The molecule has 2 aliphatic carbocycles. The largest absolute Gasteiger partial charge is 0.455 e. The van der Waals surface area contributed by atoms with Crippen LogP contribution in [0.3, 0.4) is 0 Å². The minimum absolute atomic E-state index is 0.764. The second kappa shape index (κ2) is 14.7. The second-order valence-electron chi connectivity index (χ2n) is 19.1. The summed E-state index contributed by atoms with van der Waals surface area (Å²) in [6.07, 6.45) is 0. The molecule has 2 aromatic heterocycles. The van der Waals surface area contributed by atoms with Gasteiger partial charge in [-0.2, -0.15) is 0 Å². The van der Waals surface area contributed by atoms with E-state index in [9.17, 15) is 0 Å². The lowest BCUT2D eigenvalue weighted by molar-refractivity contribution is 0.668. The quantitative estimate of drug-likeness (QED) is 0.167. The minimum atomic E-state index is -0.764. The first kappa shape index (κ1) is 39.6. The van der Waals surface area contributed by atoms with Crippen LogP contribution in [0.5, 0.6) is 0 Å². The number of fused-ring (bicyclic) bond motifs is 18. The van der Waals surface area contributed by atoms with Crippen LogP contribution in [-0.4, -0.2) is 0 Å². The summed E-state index contributed by atoms with van der Waals surface area (Å²) in [5.74, 6) is 0. The number of hydrogen-bond donors (Lipinski definition) is 0. The Labute approximate surface area is 400 Å². The Morgan fingerprint density at radius 3 is 1.20 bits per heavy atom. The van der Waals surface area contributed by atoms with Gasteiger partial charge in [0.15, 0.2) is 5.58 Å². The summed E-state index contributed by atoms with van der Waals surface area (Å²) in [5, 5.41) is 4.28. The topological polar surface area (TPSA) is 32.8 Å². The van der Waals surface area contributed by atoms with Crippen molar-refractivity contribution in [1.82, 2.24) is 0 Å². The van der Waals surface area contributed by atoms with Crippen LogP contribution < -0.4 is 9.80 Å². The van der Waals surface area contributed by atoms with Gasteiger partial charge >= 0.3 is 0 Å². The summed E-state index contributed by atoms with van der Waals surface area (Å²) in [6.45, 7) is 8.60. The predicted octanol–water partition coefficient (Wildman–Crippen LogP) is 18.0. The van der Waals surface area contributed by atoms with Crippen molar-refractivity contribution in [3.63, 3.8) is 0 Å². The van der Waals surface area contributed by atoms with Crippen LogP contribution >= 0.6 is 0 Å². The molecule has 10 aromatic carbocycles. The van der Waals surface area contributed by atoms with E-state index in [4.69, 9.17) is 8.83 Å². The van der Waals surface area contributed by atoms with E-state index in [0.717, 1.165) is 89.1 Å². The van der Waals surface area contributed by atoms with E-state index < -0.39 is 5.41 Å². The van der Waals surface area contributed by atoms with Crippen molar-refractivity contribution >= 4 is 78.0 Å². The van der Waals surface area contributed by atoms with Crippen LogP contribution in [-0.2, 0) is 5.41 Å². The van der Waals surface area contributed by atoms with Gasteiger partial charge in [-0.25, -0.2) is 0 Å². The van der Waals surface area contributed by atoms with E-state index in [2.05, 4.69) is 244 Å². The van der Waals surface area contributed by atoms with Gasteiger partial charge in [-0.05, 0) is 134 Å². The van der Waals surface area contributed by atoms with Gasteiger partial charge in [0, 0.05) is 50.0 Å². The van der Waals surface area contributed by atoms with Gasteiger partial charge in [0.25, 0.3) is 0 Å². The first-order valence-corrected chi connectivity index (χ1v) is 23.9. The SMILES string of the molecule is Cc1ccc(N(c2ccc(C)cc2)c2cc3c(c4c2oc2ccccc24)-c2c(cc(N(c4ccc(C)cc4)c4ccc(C)cc4)c4c2oc2ccccc24)C32c3ccccc3-c3ccccc32)cc1. The van der Waals surface area contributed by atoms with Gasteiger partial charge in [-0.3, -0.25) is 0 Å². The molecular formula is C65H46N2O2. The molecule has 0 saturated heterocycles. The van der Waals surface area contributed by atoms with Gasteiger partial charge in [0.1, 0.15) is 16.7 Å². The van der Waals surface area contributed by atoms with Gasteiger partial charge in [-0.15, -0.1) is 0 Å². The van der Waals surface area contributed by atoms with Crippen LogP contribution in [0.15, 0.2) is 215 Å². The van der Waals surface area contributed by atoms with Crippen molar-refractivity contribution in [3.05, 3.63) is 251 Å². The van der Waals surface area contributed by atoms with Crippen molar-refractivity contribution in [2.75, 3.05) is 9.80 Å². The number of anilines is 6. The fourth-order valence-corrected chi connectivity index (χ4v) is 11.8. The first-order valence-electron chi connectivity index (χ1n) is 23.9. The molecule has 0 saturated carbocycles. The normalized spacial score (nSPS) is 13.0.